The molecule has 2 rings (SSSR count). The highest BCUT2D eigenvalue weighted by molar-refractivity contribution is 9.10. The van der Waals surface area contributed by atoms with Gasteiger partial charge < -0.3 is 5.73 Å². The Kier molecular flexibility index (Phi) is 4.61. The fourth-order valence-corrected chi connectivity index (χ4v) is 2.34. The predicted octanol–water partition coefficient (Wildman–Crippen LogP) is 4.38. The van der Waals surface area contributed by atoms with E-state index in [2.05, 4.69) is 66.0 Å². The third-order valence-electron chi connectivity index (χ3n) is 3.42. The number of rotatable bonds is 3. The molecular formula is C17H21BrN2. The van der Waals surface area contributed by atoms with Gasteiger partial charge in [0.1, 0.15) is 0 Å². The Morgan fingerprint density at radius 1 is 1.10 bits per heavy atom. The van der Waals surface area contributed by atoms with Crippen LogP contribution in [0.15, 0.2) is 47.1 Å². The minimum absolute atomic E-state index is 0.0160. The maximum absolute atomic E-state index is 6.27. The summed E-state index contributed by atoms with van der Waals surface area (Å²) < 4.78 is 0.990. The summed E-state index contributed by atoms with van der Waals surface area (Å²) in [6, 6.07) is 12.6. The molecule has 1 unspecified atom stereocenters. The SMILES string of the molecule is CC(C)(C)c1ccc(C(N)Cc2ccc(Br)cn2)cc1. The minimum atomic E-state index is -0.0160. The standard InChI is InChI=1S/C17H21BrN2/c1-17(2,3)13-6-4-12(5-7-13)16(19)10-15-9-8-14(18)11-20-15/h4-9,11,16H,10,19H2,1-3H3. The van der Waals surface area contributed by atoms with Crippen LogP contribution in [0.5, 0.6) is 0 Å². The van der Waals surface area contributed by atoms with Gasteiger partial charge in [0, 0.05) is 28.8 Å². The predicted molar refractivity (Wildman–Crippen MR) is 87.7 cm³/mol. The first-order chi connectivity index (χ1) is 9.36. The molecule has 0 bridgehead atoms. The molecule has 0 spiro atoms. The van der Waals surface area contributed by atoms with E-state index < -0.39 is 0 Å². The van der Waals surface area contributed by atoms with Crippen LogP contribution < -0.4 is 5.73 Å². The molecule has 106 valence electrons. The van der Waals surface area contributed by atoms with Gasteiger partial charge in [-0.2, -0.15) is 0 Å². The second-order valence-corrected chi connectivity index (χ2v) is 7.07. The van der Waals surface area contributed by atoms with E-state index in [0.29, 0.717) is 0 Å². The number of nitrogens with two attached hydrogens (primary N) is 1. The Hall–Kier alpha value is -1.19. The van der Waals surface area contributed by atoms with Crippen LogP contribution in [-0.2, 0) is 11.8 Å². The smallest absolute Gasteiger partial charge is 0.0423 e. The lowest BCUT2D eigenvalue weighted by Gasteiger charge is -2.20. The van der Waals surface area contributed by atoms with E-state index >= 15 is 0 Å². The Labute approximate surface area is 129 Å². The summed E-state index contributed by atoms with van der Waals surface area (Å²) in [6.07, 6.45) is 2.56. The van der Waals surface area contributed by atoms with Gasteiger partial charge in [-0.1, -0.05) is 45.0 Å². The number of hydrogen-bond acceptors (Lipinski definition) is 2. The lowest BCUT2D eigenvalue weighted by Crippen LogP contribution is -2.15. The largest absolute Gasteiger partial charge is 0.324 e. The summed E-state index contributed by atoms with van der Waals surface area (Å²) in [5.41, 5.74) is 9.95. The van der Waals surface area contributed by atoms with Gasteiger partial charge in [-0.25, -0.2) is 0 Å². The Morgan fingerprint density at radius 2 is 1.75 bits per heavy atom. The van der Waals surface area contributed by atoms with E-state index in [-0.39, 0.29) is 11.5 Å². The van der Waals surface area contributed by atoms with Crippen molar-refractivity contribution in [2.45, 2.75) is 38.6 Å². The number of nitrogens with zero attached hydrogens (tertiary/aromatic N) is 1. The van der Waals surface area contributed by atoms with Crippen LogP contribution in [-0.4, -0.2) is 4.98 Å². The average molecular weight is 333 g/mol. The van der Waals surface area contributed by atoms with Crippen molar-refractivity contribution < 1.29 is 0 Å². The molecule has 3 heteroatoms. The molecule has 2 nitrogen and oxygen atoms in total. The molecule has 2 aromatic rings. The second-order valence-electron chi connectivity index (χ2n) is 6.15. The first kappa shape index (κ1) is 15.2. The Bertz CT molecular complexity index is 553. The summed E-state index contributed by atoms with van der Waals surface area (Å²) in [5.74, 6) is 0. The zero-order valence-electron chi connectivity index (χ0n) is 12.2. The first-order valence-electron chi connectivity index (χ1n) is 6.83. The van der Waals surface area contributed by atoms with Crippen molar-refractivity contribution in [2.24, 2.45) is 5.73 Å². The molecule has 1 heterocycles. The molecule has 0 aliphatic rings. The summed E-state index contributed by atoms with van der Waals surface area (Å²) in [5, 5.41) is 0. The molecule has 0 saturated carbocycles. The van der Waals surface area contributed by atoms with E-state index in [1.807, 2.05) is 18.3 Å². The van der Waals surface area contributed by atoms with Crippen LogP contribution in [0.25, 0.3) is 0 Å². The van der Waals surface area contributed by atoms with Gasteiger partial charge >= 0.3 is 0 Å². The van der Waals surface area contributed by atoms with E-state index in [1.54, 1.807) is 0 Å². The number of aromatic nitrogens is 1. The summed E-state index contributed by atoms with van der Waals surface area (Å²) >= 11 is 3.39. The van der Waals surface area contributed by atoms with Crippen LogP contribution in [0.4, 0.5) is 0 Å². The minimum Gasteiger partial charge on any atom is -0.324 e. The third kappa shape index (κ3) is 3.90. The van der Waals surface area contributed by atoms with Crippen molar-refractivity contribution >= 4 is 15.9 Å². The quantitative estimate of drug-likeness (QED) is 0.905. The van der Waals surface area contributed by atoms with Crippen LogP contribution >= 0.6 is 15.9 Å². The molecule has 0 fully saturated rings. The lowest BCUT2D eigenvalue weighted by atomic mass is 9.86. The molecule has 20 heavy (non-hydrogen) atoms. The molecule has 2 N–H and O–H groups in total. The lowest BCUT2D eigenvalue weighted by molar-refractivity contribution is 0.589. The molecule has 0 radical (unpaired) electrons. The molecule has 1 aromatic carbocycles. The van der Waals surface area contributed by atoms with Gasteiger partial charge in [0.2, 0.25) is 0 Å². The fourth-order valence-electron chi connectivity index (χ4n) is 2.10. The zero-order chi connectivity index (χ0) is 14.8. The van der Waals surface area contributed by atoms with Gasteiger partial charge in [-0.05, 0) is 44.6 Å². The molecule has 0 aliphatic heterocycles. The molecule has 0 amide bonds. The summed E-state index contributed by atoms with van der Waals surface area (Å²) in [4.78, 5) is 4.37. The highest BCUT2D eigenvalue weighted by Gasteiger charge is 2.14. The molecular weight excluding hydrogens is 312 g/mol. The average Bonchev–Trinajstić information content (AvgIpc) is 2.40. The topological polar surface area (TPSA) is 38.9 Å². The van der Waals surface area contributed by atoms with E-state index in [4.69, 9.17) is 5.73 Å². The van der Waals surface area contributed by atoms with Gasteiger partial charge in [0.25, 0.3) is 0 Å². The Morgan fingerprint density at radius 3 is 2.25 bits per heavy atom. The third-order valence-corrected chi connectivity index (χ3v) is 3.89. The van der Waals surface area contributed by atoms with Crippen LogP contribution in [0, 0.1) is 0 Å². The van der Waals surface area contributed by atoms with Crippen LogP contribution in [0.3, 0.4) is 0 Å². The maximum Gasteiger partial charge on any atom is 0.0423 e. The summed E-state index contributed by atoms with van der Waals surface area (Å²) in [7, 11) is 0. The number of pyridine rings is 1. The highest BCUT2D eigenvalue weighted by Crippen LogP contribution is 2.24. The van der Waals surface area contributed by atoms with Gasteiger partial charge in [0.05, 0.1) is 0 Å². The molecule has 1 aromatic heterocycles. The zero-order valence-corrected chi connectivity index (χ0v) is 13.8. The number of hydrogen-bond donors (Lipinski definition) is 1. The van der Waals surface area contributed by atoms with Crippen LogP contribution in [0.1, 0.15) is 43.6 Å². The second kappa shape index (κ2) is 6.06. The Balaban J connectivity index is 2.09. The van der Waals surface area contributed by atoms with Crippen molar-refractivity contribution in [3.8, 4) is 0 Å². The molecule has 0 saturated heterocycles. The van der Waals surface area contributed by atoms with E-state index in [0.717, 1.165) is 22.2 Å². The molecule has 1 atom stereocenters. The van der Waals surface area contributed by atoms with E-state index in [1.165, 1.54) is 5.56 Å². The normalized spacial score (nSPS) is 13.2. The van der Waals surface area contributed by atoms with Crippen LogP contribution in [0.2, 0.25) is 0 Å². The molecule has 0 aliphatic carbocycles. The summed E-state index contributed by atoms with van der Waals surface area (Å²) in [6.45, 7) is 6.65. The number of benzene rings is 1. The van der Waals surface area contributed by atoms with Crippen molar-refractivity contribution in [3.63, 3.8) is 0 Å². The van der Waals surface area contributed by atoms with Gasteiger partial charge in [-0.15, -0.1) is 0 Å². The highest BCUT2D eigenvalue weighted by atomic mass is 79.9. The van der Waals surface area contributed by atoms with Crippen molar-refractivity contribution in [1.82, 2.24) is 4.98 Å². The van der Waals surface area contributed by atoms with Gasteiger partial charge in [0.15, 0.2) is 0 Å². The van der Waals surface area contributed by atoms with Crippen molar-refractivity contribution in [1.29, 1.82) is 0 Å². The maximum atomic E-state index is 6.27. The first-order valence-corrected chi connectivity index (χ1v) is 7.62. The van der Waals surface area contributed by atoms with Crippen molar-refractivity contribution in [3.05, 3.63) is 63.9 Å². The monoisotopic (exact) mass is 332 g/mol. The number of halogens is 1. The van der Waals surface area contributed by atoms with Gasteiger partial charge in [-0.3, -0.25) is 4.98 Å². The fraction of sp³-hybridized carbons (Fsp3) is 0.353. The van der Waals surface area contributed by atoms with E-state index in [9.17, 15) is 0 Å². The van der Waals surface area contributed by atoms with Crippen molar-refractivity contribution in [2.75, 3.05) is 0 Å².